The molecule has 1 saturated heterocycles. The maximum Gasteiger partial charge on any atom is 0.305 e. The van der Waals surface area contributed by atoms with Gasteiger partial charge in [-0.25, -0.2) is 4.98 Å². The summed E-state index contributed by atoms with van der Waals surface area (Å²) < 4.78 is 10.3. The second-order valence-corrected chi connectivity index (χ2v) is 5.73. The summed E-state index contributed by atoms with van der Waals surface area (Å²) in [5.74, 6) is 0.671. The molecule has 2 aliphatic rings. The minimum Gasteiger partial charge on any atom is -0.469 e. The van der Waals surface area contributed by atoms with Crippen molar-refractivity contribution in [1.82, 2.24) is 9.97 Å². The van der Waals surface area contributed by atoms with E-state index in [0.29, 0.717) is 19.6 Å². The smallest absolute Gasteiger partial charge is 0.305 e. The second-order valence-electron chi connectivity index (χ2n) is 5.40. The van der Waals surface area contributed by atoms with Crippen LogP contribution in [0.25, 0.3) is 0 Å². The van der Waals surface area contributed by atoms with Gasteiger partial charge in [0.05, 0.1) is 38.2 Å². The van der Waals surface area contributed by atoms with Gasteiger partial charge in [-0.15, -0.1) is 0 Å². The van der Waals surface area contributed by atoms with Gasteiger partial charge < -0.3 is 19.3 Å². The fourth-order valence-electron chi connectivity index (χ4n) is 2.95. The SMILES string of the molecule is COC(=O)CCCN1CC2COCCN2c2nc(Cl)ncc21. The summed E-state index contributed by atoms with van der Waals surface area (Å²) in [6, 6.07) is 0.255. The van der Waals surface area contributed by atoms with Crippen LogP contribution in [0.1, 0.15) is 12.8 Å². The standard InChI is InChI=1S/C14H19ClN4O3/c1-21-12(20)3-2-4-18-8-10-9-22-6-5-19(10)13-11(18)7-16-14(15)17-13/h7,10H,2-6,8-9H2,1H3. The van der Waals surface area contributed by atoms with Crippen molar-refractivity contribution in [2.45, 2.75) is 18.9 Å². The number of hydrogen-bond donors (Lipinski definition) is 0. The molecule has 3 rings (SSSR count). The molecule has 0 saturated carbocycles. The lowest BCUT2D eigenvalue weighted by Gasteiger charge is -2.45. The largest absolute Gasteiger partial charge is 0.469 e. The molecule has 0 radical (unpaired) electrons. The number of nitrogens with zero attached hydrogens (tertiary/aromatic N) is 4. The van der Waals surface area contributed by atoms with Gasteiger partial charge in [0.1, 0.15) is 0 Å². The van der Waals surface area contributed by atoms with Crippen molar-refractivity contribution in [1.29, 1.82) is 0 Å². The summed E-state index contributed by atoms with van der Waals surface area (Å²) in [5.41, 5.74) is 0.965. The molecule has 0 aliphatic carbocycles. The zero-order valence-corrected chi connectivity index (χ0v) is 13.3. The van der Waals surface area contributed by atoms with Crippen molar-refractivity contribution in [2.24, 2.45) is 0 Å². The molecule has 1 aromatic heterocycles. The van der Waals surface area contributed by atoms with E-state index < -0.39 is 0 Å². The Morgan fingerprint density at radius 2 is 2.45 bits per heavy atom. The summed E-state index contributed by atoms with van der Waals surface area (Å²) >= 11 is 5.96. The van der Waals surface area contributed by atoms with Crippen molar-refractivity contribution < 1.29 is 14.3 Å². The molecule has 0 aromatic carbocycles. The van der Waals surface area contributed by atoms with Crippen LogP contribution in [0.3, 0.4) is 0 Å². The van der Waals surface area contributed by atoms with Crippen molar-refractivity contribution in [3.63, 3.8) is 0 Å². The van der Waals surface area contributed by atoms with E-state index in [4.69, 9.17) is 16.3 Å². The Labute approximate surface area is 134 Å². The van der Waals surface area contributed by atoms with Gasteiger partial charge in [0.2, 0.25) is 5.28 Å². The normalized spacial score (nSPS) is 20.4. The van der Waals surface area contributed by atoms with E-state index in [0.717, 1.165) is 37.6 Å². The van der Waals surface area contributed by atoms with Gasteiger partial charge in [0, 0.05) is 26.1 Å². The Bertz CT molecular complexity index is 557. The average molecular weight is 327 g/mol. The van der Waals surface area contributed by atoms with Crippen molar-refractivity contribution in [3.05, 3.63) is 11.5 Å². The van der Waals surface area contributed by atoms with Gasteiger partial charge in [-0.05, 0) is 18.0 Å². The van der Waals surface area contributed by atoms with E-state index in [2.05, 4.69) is 24.5 Å². The topological polar surface area (TPSA) is 67.8 Å². The van der Waals surface area contributed by atoms with Gasteiger partial charge in [-0.3, -0.25) is 4.79 Å². The number of aromatic nitrogens is 2. The first-order chi connectivity index (χ1) is 10.7. The van der Waals surface area contributed by atoms with Crippen LogP contribution in [0.4, 0.5) is 11.5 Å². The first kappa shape index (κ1) is 15.3. The van der Waals surface area contributed by atoms with Crippen LogP contribution in [0.5, 0.6) is 0 Å². The number of carbonyl (C=O) groups is 1. The molecule has 0 spiro atoms. The number of morpholine rings is 1. The fraction of sp³-hybridized carbons (Fsp3) is 0.643. The number of anilines is 2. The monoisotopic (exact) mass is 326 g/mol. The number of methoxy groups -OCH3 is 1. The number of rotatable bonds is 4. The third-order valence-corrected chi connectivity index (χ3v) is 4.21. The Balaban J connectivity index is 1.77. The van der Waals surface area contributed by atoms with Crippen molar-refractivity contribution >= 4 is 29.1 Å². The number of halogens is 1. The molecule has 8 heteroatoms. The molecule has 0 amide bonds. The maximum atomic E-state index is 11.3. The van der Waals surface area contributed by atoms with Crippen LogP contribution in [-0.2, 0) is 14.3 Å². The highest BCUT2D eigenvalue weighted by molar-refractivity contribution is 6.28. The van der Waals surface area contributed by atoms with E-state index in [9.17, 15) is 4.79 Å². The lowest BCUT2D eigenvalue weighted by atomic mass is 10.1. The van der Waals surface area contributed by atoms with Gasteiger partial charge in [0.25, 0.3) is 0 Å². The Morgan fingerprint density at radius 3 is 3.27 bits per heavy atom. The minimum atomic E-state index is -0.188. The number of ether oxygens (including phenoxy) is 2. The molecule has 1 unspecified atom stereocenters. The minimum absolute atomic E-state index is 0.188. The van der Waals surface area contributed by atoms with Crippen molar-refractivity contribution in [3.8, 4) is 0 Å². The van der Waals surface area contributed by atoms with Gasteiger partial charge in [0.15, 0.2) is 5.82 Å². The predicted molar refractivity (Wildman–Crippen MR) is 82.5 cm³/mol. The third-order valence-electron chi connectivity index (χ3n) is 4.03. The lowest BCUT2D eigenvalue weighted by molar-refractivity contribution is -0.140. The zero-order valence-electron chi connectivity index (χ0n) is 12.5. The molecule has 120 valence electrons. The molecule has 1 aromatic rings. The van der Waals surface area contributed by atoms with E-state index in [1.54, 1.807) is 6.20 Å². The second kappa shape index (κ2) is 6.66. The van der Waals surface area contributed by atoms with E-state index in [-0.39, 0.29) is 17.3 Å². The number of carbonyl (C=O) groups excluding carboxylic acids is 1. The van der Waals surface area contributed by atoms with Crippen LogP contribution in [0.15, 0.2) is 6.20 Å². The van der Waals surface area contributed by atoms with Gasteiger partial charge in [-0.2, -0.15) is 4.98 Å². The van der Waals surface area contributed by atoms with E-state index in [1.165, 1.54) is 7.11 Å². The summed E-state index contributed by atoms with van der Waals surface area (Å²) in [6.07, 6.45) is 2.89. The van der Waals surface area contributed by atoms with Crippen LogP contribution >= 0.6 is 11.6 Å². The Hall–Kier alpha value is -1.60. The summed E-state index contributed by atoms with van der Waals surface area (Å²) in [4.78, 5) is 24.2. The molecule has 1 atom stereocenters. The van der Waals surface area contributed by atoms with E-state index in [1.807, 2.05) is 0 Å². The highest BCUT2D eigenvalue weighted by Gasteiger charge is 2.34. The summed E-state index contributed by atoms with van der Waals surface area (Å²) in [6.45, 7) is 3.76. The van der Waals surface area contributed by atoms with Crippen molar-refractivity contribution in [2.75, 3.05) is 49.8 Å². The molecule has 22 heavy (non-hydrogen) atoms. The number of hydrogen-bond acceptors (Lipinski definition) is 7. The molecule has 2 aliphatic heterocycles. The number of fused-ring (bicyclic) bond motifs is 3. The molecule has 3 heterocycles. The van der Waals surface area contributed by atoms with E-state index >= 15 is 0 Å². The summed E-state index contributed by atoms with van der Waals surface area (Å²) in [7, 11) is 1.41. The van der Waals surface area contributed by atoms with Crippen LogP contribution < -0.4 is 9.80 Å². The molecule has 1 fully saturated rings. The third kappa shape index (κ3) is 3.10. The fourth-order valence-corrected chi connectivity index (χ4v) is 3.07. The first-order valence-corrected chi connectivity index (χ1v) is 7.75. The van der Waals surface area contributed by atoms with Crippen LogP contribution in [-0.4, -0.2) is 61.9 Å². The first-order valence-electron chi connectivity index (χ1n) is 7.37. The van der Waals surface area contributed by atoms with Gasteiger partial charge in [-0.1, -0.05) is 0 Å². The Morgan fingerprint density at radius 1 is 1.59 bits per heavy atom. The molecular formula is C14H19ClN4O3. The molecule has 7 nitrogen and oxygen atoms in total. The van der Waals surface area contributed by atoms with Crippen LogP contribution in [0, 0.1) is 0 Å². The van der Waals surface area contributed by atoms with Crippen LogP contribution in [0.2, 0.25) is 5.28 Å². The highest BCUT2D eigenvalue weighted by atomic mass is 35.5. The summed E-state index contributed by atoms with van der Waals surface area (Å²) in [5, 5.41) is 0.250. The quantitative estimate of drug-likeness (QED) is 0.606. The lowest BCUT2D eigenvalue weighted by Crippen LogP contribution is -2.55. The Kier molecular flexibility index (Phi) is 4.63. The highest BCUT2D eigenvalue weighted by Crippen LogP contribution is 2.35. The van der Waals surface area contributed by atoms with Gasteiger partial charge >= 0.3 is 5.97 Å². The maximum absolute atomic E-state index is 11.3. The zero-order chi connectivity index (χ0) is 15.5. The molecular weight excluding hydrogens is 308 g/mol. The average Bonchev–Trinajstić information content (AvgIpc) is 2.54. The number of esters is 1. The molecule has 0 bridgehead atoms. The predicted octanol–water partition coefficient (Wildman–Crippen LogP) is 1.11. The molecule has 0 N–H and O–H groups in total.